The first kappa shape index (κ1) is 12.9. The molecule has 3 nitrogen and oxygen atoms in total. The molecule has 0 aliphatic rings. The summed E-state index contributed by atoms with van der Waals surface area (Å²) in [4.78, 5) is 0. The number of hydrogen-bond donors (Lipinski definition) is 2. The van der Waals surface area contributed by atoms with Gasteiger partial charge in [-0.2, -0.15) is 13.2 Å². The zero-order valence-corrected chi connectivity index (χ0v) is 9.70. The van der Waals surface area contributed by atoms with Crippen LogP contribution in [0.4, 0.5) is 13.2 Å². The largest absolute Gasteiger partial charge is 0.418 e. The molecule has 3 N–H and O–H groups in total. The molecular weight excluding hydrogens is 245 g/mol. The number of aliphatic hydroxyl groups is 1. The van der Waals surface area contributed by atoms with Crippen LogP contribution < -0.4 is 5.73 Å². The predicted molar refractivity (Wildman–Crippen MR) is 61.9 cm³/mol. The fourth-order valence-corrected chi connectivity index (χ4v) is 2.21. The van der Waals surface area contributed by atoms with Gasteiger partial charge < -0.3 is 15.4 Å². The number of nitrogens with two attached hydrogens (primary N) is 1. The second-order valence-corrected chi connectivity index (χ2v) is 4.09. The van der Waals surface area contributed by atoms with E-state index in [1.54, 1.807) is 12.1 Å². The highest BCUT2D eigenvalue weighted by atomic mass is 19.4. The minimum atomic E-state index is -4.52. The summed E-state index contributed by atoms with van der Waals surface area (Å²) in [5.41, 5.74) is 4.70. The topological polar surface area (TPSA) is 51.2 Å². The van der Waals surface area contributed by atoms with Gasteiger partial charge in [-0.1, -0.05) is 18.2 Å². The van der Waals surface area contributed by atoms with Gasteiger partial charge in [-0.15, -0.1) is 0 Å². The highest BCUT2D eigenvalue weighted by Gasteiger charge is 2.39. The van der Waals surface area contributed by atoms with Crippen LogP contribution in [-0.2, 0) is 13.2 Å². The van der Waals surface area contributed by atoms with Gasteiger partial charge in [0.2, 0.25) is 0 Å². The van der Waals surface area contributed by atoms with Crippen LogP contribution in [0.25, 0.3) is 10.9 Å². The van der Waals surface area contributed by atoms with E-state index >= 15 is 0 Å². The monoisotopic (exact) mass is 258 g/mol. The Morgan fingerprint density at radius 3 is 2.50 bits per heavy atom. The Kier molecular flexibility index (Phi) is 3.08. The minimum absolute atomic E-state index is 0.0787. The van der Waals surface area contributed by atoms with Crippen LogP contribution in [0.2, 0.25) is 0 Å². The molecule has 0 saturated heterocycles. The Balaban J connectivity index is 2.86. The van der Waals surface area contributed by atoms with Gasteiger partial charge in [0.15, 0.2) is 0 Å². The van der Waals surface area contributed by atoms with Crippen LogP contribution in [-0.4, -0.2) is 16.2 Å². The van der Waals surface area contributed by atoms with Crippen LogP contribution in [0, 0.1) is 0 Å². The number of aromatic nitrogens is 1. The van der Waals surface area contributed by atoms with E-state index in [1.165, 1.54) is 23.7 Å². The fraction of sp³-hybridized carbons (Fsp3) is 0.333. The van der Waals surface area contributed by atoms with Gasteiger partial charge >= 0.3 is 6.18 Å². The average molecular weight is 258 g/mol. The van der Waals surface area contributed by atoms with Crippen molar-refractivity contribution < 1.29 is 18.3 Å². The van der Waals surface area contributed by atoms with Crippen molar-refractivity contribution in [3.63, 3.8) is 0 Å². The summed E-state index contributed by atoms with van der Waals surface area (Å²) in [6, 6.07) is 6.17. The lowest BCUT2D eigenvalue weighted by Gasteiger charge is -2.14. The molecule has 2 aromatic rings. The van der Waals surface area contributed by atoms with Gasteiger partial charge in [0.1, 0.15) is 6.10 Å². The lowest BCUT2D eigenvalue weighted by molar-refractivity contribution is -0.138. The Morgan fingerprint density at radius 1 is 1.33 bits per heavy atom. The van der Waals surface area contributed by atoms with E-state index in [-0.39, 0.29) is 17.6 Å². The molecule has 2 rings (SSSR count). The first-order chi connectivity index (χ1) is 8.38. The van der Waals surface area contributed by atoms with Gasteiger partial charge in [0.25, 0.3) is 0 Å². The zero-order valence-electron chi connectivity index (χ0n) is 9.70. The van der Waals surface area contributed by atoms with Gasteiger partial charge in [-0.25, -0.2) is 0 Å². The fourth-order valence-electron chi connectivity index (χ4n) is 2.21. The molecule has 0 aliphatic carbocycles. The smallest absolute Gasteiger partial charge is 0.386 e. The third-order valence-electron chi connectivity index (χ3n) is 2.97. The van der Waals surface area contributed by atoms with E-state index in [9.17, 15) is 18.3 Å². The summed E-state index contributed by atoms with van der Waals surface area (Å²) >= 11 is 0. The maximum absolute atomic E-state index is 13.1. The SMILES string of the molecule is Cn1c(C(O)CN)c(C(F)(F)F)c2ccccc21. The van der Waals surface area contributed by atoms with Crippen molar-refractivity contribution in [2.45, 2.75) is 12.3 Å². The summed E-state index contributed by atoms with van der Waals surface area (Å²) in [5.74, 6) is 0. The third kappa shape index (κ3) is 1.87. The number of benzene rings is 1. The quantitative estimate of drug-likeness (QED) is 0.867. The normalized spacial score (nSPS) is 14.1. The molecule has 6 heteroatoms. The molecule has 1 heterocycles. The van der Waals surface area contributed by atoms with Crippen LogP contribution in [0.15, 0.2) is 24.3 Å². The molecule has 0 saturated carbocycles. The van der Waals surface area contributed by atoms with Crippen molar-refractivity contribution in [1.29, 1.82) is 0 Å². The second-order valence-electron chi connectivity index (χ2n) is 4.09. The highest BCUT2D eigenvalue weighted by molar-refractivity contribution is 5.86. The Morgan fingerprint density at radius 2 is 1.94 bits per heavy atom. The summed E-state index contributed by atoms with van der Waals surface area (Å²) in [7, 11) is 1.49. The van der Waals surface area contributed by atoms with E-state index in [0.717, 1.165) is 0 Å². The van der Waals surface area contributed by atoms with Gasteiger partial charge in [-0.3, -0.25) is 0 Å². The summed E-state index contributed by atoms with van der Waals surface area (Å²) in [6.07, 6.45) is -5.86. The molecule has 0 aliphatic heterocycles. The number of aliphatic hydroxyl groups excluding tert-OH is 1. The lowest BCUT2D eigenvalue weighted by Crippen LogP contribution is -2.19. The molecule has 0 amide bonds. The number of hydrogen-bond acceptors (Lipinski definition) is 2. The summed E-state index contributed by atoms with van der Waals surface area (Å²) in [5, 5.41) is 9.79. The van der Waals surface area contributed by atoms with Crippen molar-refractivity contribution in [3.8, 4) is 0 Å². The highest BCUT2D eigenvalue weighted by Crippen LogP contribution is 2.40. The molecule has 1 aromatic carbocycles. The van der Waals surface area contributed by atoms with Crippen LogP contribution >= 0.6 is 0 Å². The average Bonchev–Trinajstić information content (AvgIpc) is 2.62. The standard InChI is InChI=1S/C12H13F3N2O/c1-17-8-5-3-2-4-7(8)10(12(13,14)15)11(17)9(18)6-16/h2-5,9,18H,6,16H2,1H3. The maximum atomic E-state index is 13.1. The van der Waals surface area contributed by atoms with E-state index in [4.69, 9.17) is 5.73 Å². The number of rotatable bonds is 2. The van der Waals surface area contributed by atoms with Crippen molar-refractivity contribution in [2.75, 3.05) is 6.54 Å². The first-order valence-electron chi connectivity index (χ1n) is 5.40. The molecule has 1 atom stereocenters. The summed E-state index contributed by atoms with van der Waals surface area (Å²) in [6.45, 7) is -0.257. The van der Waals surface area contributed by atoms with Gasteiger partial charge in [0.05, 0.1) is 11.3 Å². The second kappa shape index (κ2) is 4.29. The first-order valence-corrected chi connectivity index (χ1v) is 5.40. The minimum Gasteiger partial charge on any atom is -0.386 e. The van der Waals surface area contributed by atoms with E-state index in [2.05, 4.69) is 0 Å². The Bertz CT molecular complexity index is 574. The number of para-hydroxylation sites is 1. The van der Waals surface area contributed by atoms with Crippen LogP contribution in [0.1, 0.15) is 17.4 Å². The zero-order chi connectivity index (χ0) is 13.5. The van der Waals surface area contributed by atoms with Crippen LogP contribution in [0.5, 0.6) is 0 Å². The third-order valence-corrected chi connectivity index (χ3v) is 2.97. The number of aryl methyl sites for hydroxylation is 1. The number of fused-ring (bicyclic) bond motifs is 1. The molecule has 0 spiro atoms. The maximum Gasteiger partial charge on any atom is 0.418 e. The van der Waals surface area contributed by atoms with Crippen molar-refractivity contribution in [1.82, 2.24) is 4.57 Å². The molecule has 0 fully saturated rings. The van der Waals surface area contributed by atoms with E-state index < -0.39 is 17.8 Å². The molecule has 1 unspecified atom stereocenters. The molecule has 1 aromatic heterocycles. The van der Waals surface area contributed by atoms with Crippen LogP contribution in [0.3, 0.4) is 0 Å². The van der Waals surface area contributed by atoms with Gasteiger partial charge in [-0.05, 0) is 6.07 Å². The summed E-state index contributed by atoms with van der Waals surface area (Å²) < 4.78 is 40.7. The number of alkyl halides is 3. The lowest BCUT2D eigenvalue weighted by atomic mass is 10.1. The van der Waals surface area contributed by atoms with Crippen molar-refractivity contribution in [2.24, 2.45) is 12.8 Å². The molecule has 0 radical (unpaired) electrons. The molecule has 0 bridgehead atoms. The molecule has 98 valence electrons. The Labute approximate surface area is 102 Å². The van der Waals surface area contributed by atoms with Crippen molar-refractivity contribution in [3.05, 3.63) is 35.5 Å². The van der Waals surface area contributed by atoms with Crippen molar-refractivity contribution >= 4 is 10.9 Å². The Hall–Kier alpha value is -1.53. The van der Waals surface area contributed by atoms with E-state index in [0.29, 0.717) is 5.52 Å². The number of halogens is 3. The van der Waals surface area contributed by atoms with E-state index in [1.807, 2.05) is 0 Å². The van der Waals surface area contributed by atoms with Gasteiger partial charge in [0, 0.05) is 24.5 Å². The molecular formula is C12H13F3N2O. The molecule has 18 heavy (non-hydrogen) atoms. The predicted octanol–water partition coefficient (Wildman–Crippen LogP) is 2.19. The number of nitrogens with zero attached hydrogens (tertiary/aromatic N) is 1.